The summed E-state index contributed by atoms with van der Waals surface area (Å²) in [6.07, 6.45) is 5.08. The quantitative estimate of drug-likeness (QED) is 0.634. The van der Waals surface area contributed by atoms with E-state index in [0.29, 0.717) is 38.7 Å². The van der Waals surface area contributed by atoms with Crippen LogP contribution in [-0.2, 0) is 16.0 Å². The molecule has 3 fully saturated rings. The van der Waals surface area contributed by atoms with Gasteiger partial charge in [0.1, 0.15) is 23.8 Å². The zero-order chi connectivity index (χ0) is 23.5. The standard InChI is InChI=1S/C23H29FN8O2/c1-22(3-5-31(13-22)23(14-33)10-17(23)24)32-4-2-16-18(15-11-26-20(25)27-12-15)28-21(29-19(16)32)30-6-8-34-9-7-30/h11-12,14,17H,2-10,13H2,1H3,(H2,25,26,27)/t17-,22+,23+/m1/s1. The average Bonchev–Trinajstić information content (AvgIpc) is 3.16. The number of nitrogens with two attached hydrogens (primary N) is 1. The molecule has 2 aromatic heterocycles. The van der Waals surface area contributed by atoms with Gasteiger partial charge < -0.3 is 25.1 Å². The van der Waals surface area contributed by atoms with Crippen LogP contribution in [-0.4, -0.2) is 94.3 Å². The SMILES string of the molecule is C[C@]1(N2CCc3c(-c4cnc(N)nc4)nc(N4CCOCC4)nc32)CCN([C@]2(C=O)C[C@H]2F)C1. The number of likely N-dealkylation sites (tertiary alicyclic amines) is 1. The average molecular weight is 469 g/mol. The maximum Gasteiger partial charge on any atom is 0.228 e. The van der Waals surface area contributed by atoms with Crippen molar-refractivity contribution in [3.63, 3.8) is 0 Å². The van der Waals surface area contributed by atoms with Crippen molar-refractivity contribution in [3.8, 4) is 11.3 Å². The number of anilines is 3. The van der Waals surface area contributed by atoms with Crippen molar-refractivity contribution in [2.45, 2.75) is 43.4 Å². The van der Waals surface area contributed by atoms with Crippen molar-refractivity contribution in [2.75, 3.05) is 61.5 Å². The summed E-state index contributed by atoms with van der Waals surface area (Å²) < 4.78 is 19.7. The number of hydrogen-bond acceptors (Lipinski definition) is 10. The minimum absolute atomic E-state index is 0.221. The van der Waals surface area contributed by atoms with Crippen molar-refractivity contribution >= 4 is 24.0 Å². The Hall–Kier alpha value is -2.92. The molecular weight excluding hydrogens is 439 g/mol. The van der Waals surface area contributed by atoms with Crippen LogP contribution in [0.4, 0.5) is 22.1 Å². The maximum absolute atomic E-state index is 14.1. The number of nitrogens with zero attached hydrogens (tertiary/aromatic N) is 7. The van der Waals surface area contributed by atoms with Crippen LogP contribution in [0.2, 0.25) is 0 Å². The molecule has 3 atom stereocenters. The van der Waals surface area contributed by atoms with Crippen molar-refractivity contribution in [1.29, 1.82) is 0 Å². The van der Waals surface area contributed by atoms with Crippen LogP contribution in [0.3, 0.4) is 0 Å². The van der Waals surface area contributed by atoms with E-state index in [1.54, 1.807) is 12.4 Å². The maximum atomic E-state index is 14.1. The van der Waals surface area contributed by atoms with Crippen LogP contribution >= 0.6 is 0 Å². The lowest BCUT2D eigenvalue weighted by molar-refractivity contribution is -0.114. The summed E-state index contributed by atoms with van der Waals surface area (Å²) in [5, 5.41) is 0. The second kappa shape index (κ2) is 7.81. The Morgan fingerprint density at radius 2 is 1.91 bits per heavy atom. The highest BCUT2D eigenvalue weighted by Gasteiger charge is 2.62. The second-order valence-electron chi connectivity index (χ2n) is 9.95. The summed E-state index contributed by atoms with van der Waals surface area (Å²) >= 11 is 0. The Labute approximate surface area is 197 Å². The van der Waals surface area contributed by atoms with Gasteiger partial charge in [0.15, 0.2) is 0 Å². The number of fused-ring (bicyclic) bond motifs is 1. The van der Waals surface area contributed by atoms with Crippen LogP contribution in [0.1, 0.15) is 25.3 Å². The molecule has 0 bridgehead atoms. The summed E-state index contributed by atoms with van der Waals surface area (Å²) in [6, 6.07) is 0. The number of rotatable bonds is 5. The Balaban J connectivity index is 1.39. The molecule has 0 radical (unpaired) electrons. The Morgan fingerprint density at radius 3 is 2.59 bits per heavy atom. The topological polar surface area (TPSA) is 114 Å². The van der Waals surface area contributed by atoms with Gasteiger partial charge in [0.05, 0.1) is 24.4 Å². The lowest BCUT2D eigenvalue weighted by Gasteiger charge is -2.38. The number of nitrogen functional groups attached to an aromatic ring is 1. The third-order valence-electron chi connectivity index (χ3n) is 7.84. The molecule has 2 N–H and O–H groups in total. The number of morpholine rings is 1. The fraction of sp³-hybridized carbons (Fsp3) is 0.609. The van der Waals surface area contributed by atoms with E-state index in [1.165, 1.54) is 0 Å². The molecule has 3 aliphatic heterocycles. The smallest absolute Gasteiger partial charge is 0.228 e. The Morgan fingerprint density at radius 1 is 1.18 bits per heavy atom. The van der Waals surface area contributed by atoms with Gasteiger partial charge in [-0.3, -0.25) is 4.90 Å². The van der Waals surface area contributed by atoms with E-state index in [2.05, 4.69) is 26.7 Å². The number of carbonyl (C=O) groups is 1. The molecule has 180 valence electrons. The molecule has 1 saturated carbocycles. The molecular formula is C23H29FN8O2. The monoisotopic (exact) mass is 468 g/mol. The van der Waals surface area contributed by atoms with E-state index in [0.717, 1.165) is 61.4 Å². The van der Waals surface area contributed by atoms with Crippen molar-refractivity contribution < 1.29 is 13.9 Å². The van der Waals surface area contributed by atoms with Crippen LogP contribution < -0.4 is 15.5 Å². The first-order chi connectivity index (χ1) is 16.4. The molecule has 0 amide bonds. The van der Waals surface area contributed by atoms with Gasteiger partial charge in [-0.05, 0) is 19.8 Å². The van der Waals surface area contributed by atoms with Crippen LogP contribution in [0.5, 0.6) is 0 Å². The number of hydrogen-bond donors (Lipinski definition) is 1. The van der Waals surface area contributed by atoms with E-state index in [4.69, 9.17) is 20.4 Å². The fourth-order valence-electron chi connectivity index (χ4n) is 5.65. The van der Waals surface area contributed by atoms with Gasteiger partial charge in [-0.25, -0.2) is 19.3 Å². The first-order valence-corrected chi connectivity index (χ1v) is 11.9. The predicted molar refractivity (Wildman–Crippen MR) is 124 cm³/mol. The number of ether oxygens (including phenoxy) is 1. The second-order valence-corrected chi connectivity index (χ2v) is 9.95. The summed E-state index contributed by atoms with van der Waals surface area (Å²) in [5.41, 5.74) is 7.22. The van der Waals surface area contributed by atoms with Gasteiger partial charge in [-0.1, -0.05) is 0 Å². The molecule has 0 spiro atoms. The number of aromatic nitrogens is 4. The number of carbonyl (C=O) groups excluding carboxylic acids is 1. The molecule has 5 heterocycles. The predicted octanol–water partition coefficient (Wildman–Crippen LogP) is 0.859. The molecule has 10 nitrogen and oxygen atoms in total. The highest BCUT2D eigenvalue weighted by atomic mass is 19.1. The molecule has 4 aliphatic rings. The third-order valence-corrected chi connectivity index (χ3v) is 7.84. The number of alkyl halides is 1. The minimum Gasteiger partial charge on any atom is -0.378 e. The van der Waals surface area contributed by atoms with Gasteiger partial charge in [0.2, 0.25) is 11.9 Å². The molecule has 0 aromatic carbocycles. The number of halogens is 1. The van der Waals surface area contributed by atoms with E-state index in [9.17, 15) is 9.18 Å². The van der Waals surface area contributed by atoms with Crippen LogP contribution in [0.15, 0.2) is 12.4 Å². The number of aldehydes is 1. The summed E-state index contributed by atoms with van der Waals surface area (Å²) in [5.74, 6) is 1.79. The Kier molecular flexibility index (Phi) is 4.96. The van der Waals surface area contributed by atoms with Crippen LogP contribution in [0, 0.1) is 0 Å². The van der Waals surface area contributed by atoms with Crippen molar-refractivity contribution in [1.82, 2.24) is 24.8 Å². The van der Waals surface area contributed by atoms with E-state index in [-0.39, 0.29) is 11.5 Å². The zero-order valence-electron chi connectivity index (χ0n) is 19.3. The van der Waals surface area contributed by atoms with Gasteiger partial charge in [-0.15, -0.1) is 0 Å². The molecule has 11 heteroatoms. The third kappa shape index (κ3) is 3.32. The normalized spacial score (nSPS) is 31.1. The lowest BCUT2D eigenvalue weighted by Crippen LogP contribution is -2.50. The summed E-state index contributed by atoms with van der Waals surface area (Å²) in [6.45, 7) is 7.02. The van der Waals surface area contributed by atoms with Crippen molar-refractivity contribution in [3.05, 3.63) is 18.0 Å². The zero-order valence-corrected chi connectivity index (χ0v) is 19.3. The van der Waals surface area contributed by atoms with Gasteiger partial charge in [-0.2, -0.15) is 4.98 Å². The highest BCUT2D eigenvalue weighted by Crippen LogP contribution is 2.48. The fourth-order valence-corrected chi connectivity index (χ4v) is 5.65. The molecule has 0 unspecified atom stereocenters. The summed E-state index contributed by atoms with van der Waals surface area (Å²) in [7, 11) is 0. The lowest BCUT2D eigenvalue weighted by atomic mass is 9.99. The van der Waals surface area contributed by atoms with Gasteiger partial charge in [0.25, 0.3) is 0 Å². The molecule has 6 rings (SSSR count). The van der Waals surface area contributed by atoms with E-state index < -0.39 is 11.7 Å². The molecule has 1 aliphatic carbocycles. The molecule has 2 aromatic rings. The largest absolute Gasteiger partial charge is 0.378 e. The van der Waals surface area contributed by atoms with E-state index >= 15 is 0 Å². The first kappa shape index (κ1) is 21.6. The van der Waals surface area contributed by atoms with Crippen molar-refractivity contribution in [2.24, 2.45) is 0 Å². The van der Waals surface area contributed by atoms with Gasteiger partial charge >= 0.3 is 0 Å². The minimum atomic E-state index is -1.06. The van der Waals surface area contributed by atoms with E-state index in [1.807, 2.05) is 4.90 Å². The van der Waals surface area contributed by atoms with Gasteiger partial charge in [0, 0.05) is 62.7 Å². The molecule has 2 saturated heterocycles. The molecule has 34 heavy (non-hydrogen) atoms. The Bertz CT molecular complexity index is 1110. The first-order valence-electron chi connectivity index (χ1n) is 11.9. The highest BCUT2D eigenvalue weighted by molar-refractivity contribution is 5.74. The summed E-state index contributed by atoms with van der Waals surface area (Å²) in [4.78, 5) is 36.6. The van der Waals surface area contributed by atoms with Crippen LogP contribution in [0.25, 0.3) is 11.3 Å².